The van der Waals surface area contributed by atoms with Crippen LogP contribution in [-0.4, -0.2) is 31.4 Å². The van der Waals surface area contributed by atoms with E-state index in [4.69, 9.17) is 0 Å². The molecule has 0 amide bonds. The molecule has 1 aromatic carbocycles. The maximum Gasteiger partial charge on any atom is 0.270 e. The van der Waals surface area contributed by atoms with Crippen molar-refractivity contribution in [3.05, 3.63) is 33.9 Å². The summed E-state index contributed by atoms with van der Waals surface area (Å²) in [6, 6.07) is 4.06. The number of rotatable bonds is 4. The van der Waals surface area contributed by atoms with Gasteiger partial charge in [-0.15, -0.1) is 5.10 Å². The van der Waals surface area contributed by atoms with Crippen molar-refractivity contribution in [1.29, 1.82) is 0 Å². The lowest BCUT2D eigenvalue weighted by molar-refractivity contribution is -0.384. The van der Waals surface area contributed by atoms with E-state index in [0.29, 0.717) is 16.3 Å². The second kappa shape index (κ2) is 4.92. The van der Waals surface area contributed by atoms with Gasteiger partial charge in [0.05, 0.1) is 4.92 Å². The van der Waals surface area contributed by atoms with Gasteiger partial charge in [-0.1, -0.05) is 0 Å². The second-order valence-corrected chi connectivity index (χ2v) is 4.29. The zero-order valence-electron chi connectivity index (χ0n) is 9.18. The van der Waals surface area contributed by atoms with Crippen LogP contribution in [0.1, 0.15) is 10.4 Å². The van der Waals surface area contributed by atoms with E-state index in [9.17, 15) is 14.9 Å². The van der Waals surface area contributed by atoms with E-state index in [1.807, 2.05) is 0 Å². The van der Waals surface area contributed by atoms with Crippen molar-refractivity contribution < 1.29 is 9.72 Å². The summed E-state index contributed by atoms with van der Waals surface area (Å²) in [5, 5.41) is 22.0. The number of nitro benzene ring substituents is 1. The molecule has 92 valence electrons. The normalized spacial score (nSPS) is 10.3. The van der Waals surface area contributed by atoms with Gasteiger partial charge in [-0.25, -0.2) is 4.68 Å². The predicted molar refractivity (Wildman–Crippen MR) is 61.4 cm³/mol. The second-order valence-electron chi connectivity index (χ2n) is 3.28. The molecule has 0 aliphatic carbocycles. The Morgan fingerprint density at radius 2 is 2.28 bits per heavy atom. The van der Waals surface area contributed by atoms with E-state index in [1.165, 1.54) is 34.6 Å². The molecular formula is C9H7N5O3S. The molecule has 1 aromatic heterocycles. The first-order chi connectivity index (χ1) is 8.61. The van der Waals surface area contributed by atoms with Crippen molar-refractivity contribution in [2.75, 3.05) is 0 Å². The monoisotopic (exact) mass is 265 g/mol. The molecule has 2 aromatic rings. The number of benzene rings is 1. The van der Waals surface area contributed by atoms with Crippen LogP contribution in [-0.2, 0) is 7.05 Å². The smallest absolute Gasteiger partial charge is 0.270 e. The summed E-state index contributed by atoms with van der Waals surface area (Å²) in [5.74, 6) is 0. The number of non-ortho nitro benzene ring substituents is 1. The SMILES string of the molecule is Cn1nnnc1Sc1ccc([N+](=O)[O-])cc1C=O. The van der Waals surface area contributed by atoms with Gasteiger partial charge in [0, 0.05) is 29.6 Å². The number of carbonyl (C=O) groups is 1. The molecule has 18 heavy (non-hydrogen) atoms. The molecule has 0 aliphatic heterocycles. The van der Waals surface area contributed by atoms with Crippen molar-refractivity contribution in [3.8, 4) is 0 Å². The van der Waals surface area contributed by atoms with Gasteiger partial charge in [-0.05, 0) is 28.3 Å². The summed E-state index contributed by atoms with van der Waals surface area (Å²) in [4.78, 5) is 21.5. The molecular weight excluding hydrogens is 258 g/mol. The summed E-state index contributed by atoms with van der Waals surface area (Å²) in [7, 11) is 1.66. The number of nitrogens with zero attached hydrogens (tertiary/aromatic N) is 5. The van der Waals surface area contributed by atoms with E-state index >= 15 is 0 Å². The summed E-state index contributed by atoms with van der Waals surface area (Å²) >= 11 is 1.17. The van der Waals surface area contributed by atoms with Gasteiger partial charge in [-0.2, -0.15) is 0 Å². The standard InChI is InChI=1S/C9H7N5O3S/c1-13-9(10-11-12-13)18-8-3-2-7(14(16)17)4-6(8)5-15/h2-5H,1H3. The van der Waals surface area contributed by atoms with Gasteiger partial charge < -0.3 is 0 Å². The molecule has 0 spiro atoms. The van der Waals surface area contributed by atoms with E-state index in [2.05, 4.69) is 15.5 Å². The van der Waals surface area contributed by atoms with Crippen LogP contribution in [0.5, 0.6) is 0 Å². The fourth-order valence-corrected chi connectivity index (χ4v) is 2.04. The molecule has 0 aliphatic rings. The van der Waals surface area contributed by atoms with Crippen LogP contribution in [0.25, 0.3) is 0 Å². The largest absolute Gasteiger partial charge is 0.298 e. The first-order valence-electron chi connectivity index (χ1n) is 4.75. The van der Waals surface area contributed by atoms with Crippen LogP contribution in [0.4, 0.5) is 5.69 Å². The highest BCUT2D eigenvalue weighted by molar-refractivity contribution is 7.99. The third-order valence-corrected chi connectivity index (χ3v) is 3.23. The third kappa shape index (κ3) is 2.35. The number of hydrogen-bond acceptors (Lipinski definition) is 7. The molecule has 0 saturated heterocycles. The Hall–Kier alpha value is -2.29. The van der Waals surface area contributed by atoms with Gasteiger partial charge in [-0.3, -0.25) is 14.9 Å². The molecule has 0 unspecified atom stereocenters. The minimum Gasteiger partial charge on any atom is -0.298 e. The van der Waals surface area contributed by atoms with E-state index in [-0.39, 0.29) is 11.3 Å². The Balaban J connectivity index is 2.36. The third-order valence-electron chi connectivity index (χ3n) is 2.11. The Kier molecular flexibility index (Phi) is 3.33. The minimum atomic E-state index is -0.550. The van der Waals surface area contributed by atoms with Gasteiger partial charge in [0.1, 0.15) is 0 Å². The minimum absolute atomic E-state index is 0.127. The number of aldehydes is 1. The highest BCUT2D eigenvalue weighted by Crippen LogP contribution is 2.29. The predicted octanol–water partition coefficient (Wildman–Crippen LogP) is 1.08. The average Bonchev–Trinajstić information content (AvgIpc) is 2.75. The maximum atomic E-state index is 10.9. The number of carbonyl (C=O) groups excluding carboxylic acids is 1. The highest BCUT2D eigenvalue weighted by atomic mass is 32.2. The molecule has 8 nitrogen and oxygen atoms in total. The lowest BCUT2D eigenvalue weighted by Gasteiger charge is -2.02. The molecule has 0 bridgehead atoms. The van der Waals surface area contributed by atoms with Crippen LogP contribution in [0.15, 0.2) is 28.3 Å². The van der Waals surface area contributed by atoms with E-state index in [1.54, 1.807) is 7.05 Å². The first kappa shape index (κ1) is 12.2. The number of aryl methyl sites for hydroxylation is 1. The fraction of sp³-hybridized carbons (Fsp3) is 0.111. The van der Waals surface area contributed by atoms with Crippen molar-refractivity contribution in [1.82, 2.24) is 20.2 Å². The van der Waals surface area contributed by atoms with Crippen molar-refractivity contribution in [2.45, 2.75) is 10.1 Å². The number of aromatic nitrogens is 4. The molecule has 2 rings (SSSR count). The quantitative estimate of drug-likeness (QED) is 0.462. The zero-order valence-corrected chi connectivity index (χ0v) is 9.99. The van der Waals surface area contributed by atoms with Crippen LogP contribution < -0.4 is 0 Å². The average molecular weight is 265 g/mol. The highest BCUT2D eigenvalue weighted by Gasteiger charge is 2.13. The number of nitro groups is 1. The summed E-state index contributed by atoms with van der Waals surface area (Å²) in [5.41, 5.74) is 0.106. The lowest BCUT2D eigenvalue weighted by Crippen LogP contribution is -1.95. The molecule has 0 atom stereocenters. The molecule has 0 N–H and O–H groups in total. The van der Waals surface area contributed by atoms with Gasteiger partial charge in [0.15, 0.2) is 6.29 Å². The lowest BCUT2D eigenvalue weighted by atomic mass is 10.2. The van der Waals surface area contributed by atoms with Crippen LogP contribution >= 0.6 is 11.8 Å². The molecule has 9 heteroatoms. The first-order valence-corrected chi connectivity index (χ1v) is 5.57. The Bertz CT molecular complexity index is 612. The molecule has 1 heterocycles. The van der Waals surface area contributed by atoms with Gasteiger partial charge in [0.2, 0.25) is 5.16 Å². The zero-order chi connectivity index (χ0) is 13.1. The molecule has 0 saturated carbocycles. The van der Waals surface area contributed by atoms with Gasteiger partial charge in [0.25, 0.3) is 5.69 Å². The van der Waals surface area contributed by atoms with Crippen molar-refractivity contribution >= 4 is 23.7 Å². The maximum absolute atomic E-state index is 10.9. The van der Waals surface area contributed by atoms with E-state index < -0.39 is 4.92 Å². The Morgan fingerprint density at radius 1 is 1.50 bits per heavy atom. The summed E-state index contributed by atoms with van der Waals surface area (Å²) < 4.78 is 1.45. The van der Waals surface area contributed by atoms with Crippen LogP contribution in [0.3, 0.4) is 0 Å². The van der Waals surface area contributed by atoms with Crippen LogP contribution in [0.2, 0.25) is 0 Å². The number of tetrazole rings is 1. The van der Waals surface area contributed by atoms with E-state index in [0.717, 1.165) is 0 Å². The topological polar surface area (TPSA) is 104 Å². The Morgan fingerprint density at radius 3 is 2.83 bits per heavy atom. The Labute approximate surface area is 105 Å². The van der Waals surface area contributed by atoms with Crippen LogP contribution in [0, 0.1) is 10.1 Å². The van der Waals surface area contributed by atoms with Crippen molar-refractivity contribution in [3.63, 3.8) is 0 Å². The molecule has 0 fully saturated rings. The van der Waals surface area contributed by atoms with Gasteiger partial charge >= 0.3 is 0 Å². The summed E-state index contributed by atoms with van der Waals surface area (Å²) in [6.07, 6.45) is 0.569. The summed E-state index contributed by atoms with van der Waals surface area (Å²) in [6.45, 7) is 0. The molecule has 0 radical (unpaired) electrons. The van der Waals surface area contributed by atoms with Crippen molar-refractivity contribution in [2.24, 2.45) is 7.05 Å². The fourth-order valence-electron chi connectivity index (χ4n) is 1.24. The number of hydrogen-bond donors (Lipinski definition) is 0.